The molecule has 0 saturated heterocycles. The van der Waals surface area contributed by atoms with E-state index in [1.165, 1.54) is 36.4 Å². The lowest BCUT2D eigenvalue weighted by Gasteiger charge is -2.23. The summed E-state index contributed by atoms with van der Waals surface area (Å²) < 4.78 is 94.0. The summed E-state index contributed by atoms with van der Waals surface area (Å²) in [6.07, 6.45) is -7.54. The molecule has 1 aliphatic rings. The van der Waals surface area contributed by atoms with Crippen molar-refractivity contribution >= 4 is 5.57 Å². The number of hydrogen-bond acceptors (Lipinski definition) is 4. The van der Waals surface area contributed by atoms with Gasteiger partial charge in [0.05, 0.1) is 17.2 Å². The minimum atomic E-state index is -4.63. The van der Waals surface area contributed by atoms with Crippen molar-refractivity contribution in [2.24, 2.45) is 0 Å². The monoisotopic (exact) mass is 627 g/mol. The fraction of sp³-hybridized carbons (Fsp3) is 0.257. The second kappa shape index (κ2) is 13.4. The van der Waals surface area contributed by atoms with Crippen LogP contribution < -0.4 is 14.8 Å². The molecule has 1 atom stereocenters. The van der Waals surface area contributed by atoms with E-state index >= 15 is 0 Å². The average Bonchev–Trinajstić information content (AvgIpc) is 3.02. The van der Waals surface area contributed by atoms with Crippen molar-refractivity contribution in [3.63, 3.8) is 0 Å². The van der Waals surface area contributed by atoms with Crippen LogP contribution in [-0.2, 0) is 25.6 Å². The molecule has 10 heteroatoms. The van der Waals surface area contributed by atoms with E-state index in [0.29, 0.717) is 52.9 Å². The fourth-order valence-corrected chi connectivity index (χ4v) is 5.42. The van der Waals surface area contributed by atoms with Gasteiger partial charge in [0, 0.05) is 6.54 Å². The third-order valence-electron chi connectivity index (χ3n) is 7.59. The van der Waals surface area contributed by atoms with Crippen LogP contribution in [0, 0.1) is 0 Å². The summed E-state index contributed by atoms with van der Waals surface area (Å²) in [5.74, 6) is -0.657. The number of alkyl halides is 6. The Morgan fingerprint density at radius 2 is 1.22 bits per heavy atom. The largest absolute Gasteiger partial charge is 0.488 e. The van der Waals surface area contributed by atoms with Crippen molar-refractivity contribution in [3.05, 3.63) is 124 Å². The summed E-state index contributed by atoms with van der Waals surface area (Å²) in [5.41, 5.74) is 2.65. The van der Waals surface area contributed by atoms with Crippen LogP contribution in [-0.4, -0.2) is 18.2 Å². The SMILES string of the molecule is CC(O)c1ccccc1-c1cc(COc2ccccc2C(F)(F)F)c(C2=CCNCC2)cc1COc1ccccc1C(F)(F)F. The molecule has 2 N–H and O–H groups in total. The smallest absolute Gasteiger partial charge is 0.419 e. The Balaban J connectivity index is 1.64. The Morgan fingerprint density at radius 1 is 0.711 bits per heavy atom. The highest BCUT2D eigenvalue weighted by Crippen LogP contribution is 2.40. The number of benzene rings is 4. The van der Waals surface area contributed by atoms with Gasteiger partial charge in [-0.25, -0.2) is 0 Å². The molecule has 0 aromatic heterocycles. The van der Waals surface area contributed by atoms with Gasteiger partial charge in [-0.3, -0.25) is 0 Å². The molecule has 0 saturated carbocycles. The number of hydrogen-bond donors (Lipinski definition) is 2. The highest BCUT2D eigenvalue weighted by molar-refractivity contribution is 5.78. The molecule has 0 spiro atoms. The zero-order valence-electron chi connectivity index (χ0n) is 24.3. The van der Waals surface area contributed by atoms with Gasteiger partial charge in [0.2, 0.25) is 0 Å². The van der Waals surface area contributed by atoms with E-state index in [2.05, 4.69) is 5.32 Å². The third-order valence-corrected chi connectivity index (χ3v) is 7.59. The van der Waals surface area contributed by atoms with Gasteiger partial charge in [-0.15, -0.1) is 0 Å². The lowest BCUT2D eigenvalue weighted by molar-refractivity contribution is -0.139. The number of rotatable bonds is 9. The van der Waals surface area contributed by atoms with Gasteiger partial charge in [0.1, 0.15) is 24.7 Å². The normalized spacial score (nSPS) is 14.5. The molecule has 0 aliphatic carbocycles. The third kappa shape index (κ3) is 7.51. The molecule has 1 aliphatic heterocycles. The zero-order valence-corrected chi connectivity index (χ0v) is 24.3. The second-order valence-corrected chi connectivity index (χ2v) is 10.7. The minimum Gasteiger partial charge on any atom is -0.488 e. The molecule has 4 aromatic rings. The van der Waals surface area contributed by atoms with Gasteiger partial charge in [0.25, 0.3) is 0 Å². The molecule has 4 aromatic carbocycles. The maximum Gasteiger partial charge on any atom is 0.419 e. The maximum absolute atomic E-state index is 13.7. The van der Waals surface area contributed by atoms with Crippen LogP contribution in [0.4, 0.5) is 26.3 Å². The number of aliphatic hydroxyl groups is 1. The van der Waals surface area contributed by atoms with Crippen molar-refractivity contribution < 1.29 is 40.9 Å². The van der Waals surface area contributed by atoms with Crippen LogP contribution in [0.5, 0.6) is 11.5 Å². The summed E-state index contributed by atoms with van der Waals surface area (Å²) >= 11 is 0. The van der Waals surface area contributed by atoms with E-state index in [9.17, 15) is 31.4 Å². The molecule has 236 valence electrons. The molecule has 0 fully saturated rings. The van der Waals surface area contributed by atoms with Crippen LogP contribution in [0.25, 0.3) is 16.7 Å². The number of ether oxygens (including phenoxy) is 2. The number of para-hydroxylation sites is 2. The first-order chi connectivity index (χ1) is 21.4. The predicted molar refractivity (Wildman–Crippen MR) is 160 cm³/mol. The zero-order chi connectivity index (χ0) is 32.2. The van der Waals surface area contributed by atoms with Crippen molar-refractivity contribution in [1.82, 2.24) is 5.32 Å². The van der Waals surface area contributed by atoms with Crippen LogP contribution in [0.3, 0.4) is 0 Å². The summed E-state index contributed by atoms with van der Waals surface area (Å²) in [5, 5.41) is 13.8. The Morgan fingerprint density at radius 3 is 1.76 bits per heavy atom. The second-order valence-electron chi connectivity index (χ2n) is 10.7. The molecular weight excluding hydrogens is 596 g/mol. The first-order valence-corrected chi connectivity index (χ1v) is 14.3. The fourth-order valence-electron chi connectivity index (χ4n) is 5.42. The molecule has 1 unspecified atom stereocenters. The van der Waals surface area contributed by atoms with Crippen molar-refractivity contribution in [2.45, 2.75) is 45.0 Å². The molecule has 5 rings (SSSR count). The van der Waals surface area contributed by atoms with Crippen LogP contribution in [0.1, 0.15) is 52.8 Å². The van der Waals surface area contributed by atoms with E-state index in [1.807, 2.05) is 6.08 Å². The van der Waals surface area contributed by atoms with Crippen molar-refractivity contribution in [3.8, 4) is 22.6 Å². The number of nitrogens with one attached hydrogen (secondary N) is 1. The molecular formula is C35H31F6NO3. The van der Waals surface area contributed by atoms with Gasteiger partial charge in [-0.1, -0.05) is 54.6 Å². The van der Waals surface area contributed by atoms with Crippen LogP contribution in [0.2, 0.25) is 0 Å². The van der Waals surface area contributed by atoms with E-state index in [0.717, 1.165) is 17.7 Å². The standard InChI is InChI=1S/C35H31F6NO3/c1-22(43)26-8-2-3-9-27(26)29-19-24(20-44-32-12-6-4-10-30(32)34(36,37)38)28(23-14-16-42-17-15-23)18-25(29)21-45-33-13-7-5-11-31(33)35(39,40)41/h2-14,18-19,22,42-43H,15-17,20-21H2,1H3. The predicted octanol–water partition coefficient (Wildman–Crippen LogP) is 8.98. The van der Waals surface area contributed by atoms with Gasteiger partial charge < -0.3 is 19.9 Å². The highest BCUT2D eigenvalue weighted by Gasteiger charge is 2.35. The Bertz CT molecular complexity index is 1680. The molecule has 1 heterocycles. The maximum atomic E-state index is 13.7. The van der Waals surface area contributed by atoms with E-state index in [4.69, 9.17) is 9.47 Å². The van der Waals surface area contributed by atoms with Gasteiger partial charge in [-0.05, 0) is 95.2 Å². The van der Waals surface area contributed by atoms with Gasteiger partial charge in [0.15, 0.2) is 0 Å². The molecule has 0 radical (unpaired) electrons. The van der Waals surface area contributed by atoms with Crippen LogP contribution in [0.15, 0.2) is 91.0 Å². The van der Waals surface area contributed by atoms with Crippen molar-refractivity contribution in [1.29, 1.82) is 0 Å². The molecule has 0 amide bonds. The molecule has 0 bridgehead atoms. The van der Waals surface area contributed by atoms with Gasteiger partial charge >= 0.3 is 12.4 Å². The Labute approximate surface area is 256 Å². The first-order valence-electron chi connectivity index (χ1n) is 14.3. The summed E-state index contributed by atoms with van der Waals surface area (Å²) in [7, 11) is 0. The number of halogens is 6. The number of aliphatic hydroxyl groups excluding tert-OH is 1. The highest BCUT2D eigenvalue weighted by atomic mass is 19.4. The lowest BCUT2D eigenvalue weighted by Crippen LogP contribution is -2.20. The summed E-state index contributed by atoms with van der Waals surface area (Å²) in [6, 6.07) is 20.5. The van der Waals surface area contributed by atoms with Gasteiger partial charge in [-0.2, -0.15) is 26.3 Å². The summed E-state index contributed by atoms with van der Waals surface area (Å²) in [6.45, 7) is 2.38. The topological polar surface area (TPSA) is 50.7 Å². The summed E-state index contributed by atoms with van der Waals surface area (Å²) in [4.78, 5) is 0. The molecule has 4 nitrogen and oxygen atoms in total. The van der Waals surface area contributed by atoms with E-state index < -0.39 is 29.6 Å². The van der Waals surface area contributed by atoms with Crippen LogP contribution >= 0.6 is 0 Å². The first kappa shape index (κ1) is 32.1. The Hall–Kier alpha value is -4.28. The average molecular weight is 628 g/mol. The molecule has 45 heavy (non-hydrogen) atoms. The Kier molecular flexibility index (Phi) is 9.55. The quantitative estimate of drug-likeness (QED) is 0.182. The van der Waals surface area contributed by atoms with E-state index in [-0.39, 0.29) is 24.7 Å². The minimum absolute atomic E-state index is 0.213. The van der Waals surface area contributed by atoms with E-state index in [1.54, 1.807) is 43.3 Å². The lowest BCUT2D eigenvalue weighted by atomic mass is 9.87. The van der Waals surface area contributed by atoms with Crippen molar-refractivity contribution in [2.75, 3.05) is 13.1 Å².